The van der Waals surface area contributed by atoms with Crippen molar-refractivity contribution in [3.05, 3.63) is 42.1 Å². The van der Waals surface area contributed by atoms with Crippen LogP contribution in [0.2, 0.25) is 0 Å². The molecule has 0 bridgehead atoms. The first-order valence-corrected chi connectivity index (χ1v) is 10.6. The van der Waals surface area contributed by atoms with Gasteiger partial charge in [0, 0.05) is 35.9 Å². The van der Waals surface area contributed by atoms with Crippen LogP contribution in [0.4, 0.5) is 17.3 Å². The average molecular weight is 393 g/mol. The Labute approximate surface area is 170 Å². The molecule has 1 aliphatic heterocycles. The van der Waals surface area contributed by atoms with Crippen LogP contribution in [0, 0.1) is 0 Å². The fraction of sp³-hybridized carbons (Fsp3) is 0.455. The highest BCUT2D eigenvalue weighted by Crippen LogP contribution is 2.38. The molecule has 152 valence electrons. The van der Waals surface area contributed by atoms with Gasteiger partial charge in [0.05, 0.1) is 12.8 Å². The summed E-state index contributed by atoms with van der Waals surface area (Å²) in [6, 6.07) is 10.8. The predicted octanol–water partition coefficient (Wildman–Crippen LogP) is 3.50. The van der Waals surface area contributed by atoms with Crippen molar-refractivity contribution >= 4 is 23.0 Å². The van der Waals surface area contributed by atoms with Gasteiger partial charge >= 0.3 is 0 Å². The van der Waals surface area contributed by atoms with Crippen LogP contribution < -0.4 is 20.7 Å². The Bertz CT molecular complexity index is 998. The highest BCUT2D eigenvalue weighted by atomic mass is 16.5. The summed E-state index contributed by atoms with van der Waals surface area (Å²) in [4.78, 5) is 7.44. The first kappa shape index (κ1) is 18.2. The molecule has 0 spiro atoms. The molecule has 1 saturated carbocycles. The van der Waals surface area contributed by atoms with Gasteiger partial charge in [-0.2, -0.15) is 9.61 Å². The van der Waals surface area contributed by atoms with Crippen molar-refractivity contribution in [3.8, 4) is 5.75 Å². The van der Waals surface area contributed by atoms with E-state index in [1.165, 1.54) is 18.4 Å². The Morgan fingerprint density at radius 3 is 2.86 bits per heavy atom. The van der Waals surface area contributed by atoms with E-state index in [1.54, 1.807) is 0 Å². The van der Waals surface area contributed by atoms with Crippen molar-refractivity contribution in [1.29, 1.82) is 0 Å². The van der Waals surface area contributed by atoms with Gasteiger partial charge in [-0.3, -0.25) is 0 Å². The van der Waals surface area contributed by atoms with E-state index in [0.717, 1.165) is 54.5 Å². The maximum atomic E-state index is 6.27. The number of ether oxygens (including phenoxy) is 1. The SMILES string of the molecule is CCOc1ccc(Nc2c3c(nc4ccnn24)N(C2CCCC(N)C2)CC3)cc1. The number of fused-ring (bicyclic) bond motifs is 2. The summed E-state index contributed by atoms with van der Waals surface area (Å²) in [5, 5.41) is 8.11. The third kappa shape index (κ3) is 3.40. The second-order valence-electron chi connectivity index (χ2n) is 7.97. The van der Waals surface area contributed by atoms with E-state index in [4.69, 9.17) is 15.5 Å². The first-order chi connectivity index (χ1) is 14.2. The molecule has 7 heteroatoms. The van der Waals surface area contributed by atoms with E-state index in [9.17, 15) is 0 Å². The third-order valence-corrected chi connectivity index (χ3v) is 6.04. The van der Waals surface area contributed by atoms with Gasteiger partial charge in [-0.1, -0.05) is 0 Å². The zero-order valence-electron chi connectivity index (χ0n) is 16.8. The second-order valence-corrected chi connectivity index (χ2v) is 7.97. The van der Waals surface area contributed by atoms with Crippen LogP contribution in [0.25, 0.3) is 5.65 Å². The molecule has 3 N–H and O–H groups in total. The van der Waals surface area contributed by atoms with Gasteiger partial charge in [-0.25, -0.2) is 4.98 Å². The standard InChI is InChI=1S/C22H28N6O/c1-2-29-18-8-6-16(7-9-18)25-22-19-11-13-27(17-5-3-4-15(23)14-17)21(19)26-20-10-12-24-28(20)22/h6-10,12,15,17,25H,2-5,11,13-14,23H2,1H3. The second kappa shape index (κ2) is 7.55. The molecule has 29 heavy (non-hydrogen) atoms. The minimum atomic E-state index is 0.304. The largest absolute Gasteiger partial charge is 0.494 e. The smallest absolute Gasteiger partial charge is 0.159 e. The third-order valence-electron chi connectivity index (χ3n) is 6.04. The Morgan fingerprint density at radius 2 is 2.07 bits per heavy atom. The van der Waals surface area contributed by atoms with Crippen molar-refractivity contribution in [2.24, 2.45) is 5.73 Å². The normalized spacial score (nSPS) is 21.4. The lowest BCUT2D eigenvalue weighted by atomic mass is 9.91. The molecule has 1 aliphatic carbocycles. The molecule has 2 aromatic heterocycles. The molecule has 0 saturated heterocycles. The van der Waals surface area contributed by atoms with Gasteiger partial charge in [0.1, 0.15) is 17.4 Å². The zero-order valence-corrected chi connectivity index (χ0v) is 16.8. The van der Waals surface area contributed by atoms with E-state index in [1.807, 2.05) is 48.0 Å². The Morgan fingerprint density at radius 1 is 1.21 bits per heavy atom. The lowest BCUT2D eigenvalue weighted by Gasteiger charge is -2.35. The van der Waals surface area contributed by atoms with Crippen LogP contribution in [0.3, 0.4) is 0 Å². The molecular weight excluding hydrogens is 364 g/mol. The molecule has 5 rings (SSSR count). The number of nitrogens with zero attached hydrogens (tertiary/aromatic N) is 4. The van der Waals surface area contributed by atoms with Crippen LogP contribution >= 0.6 is 0 Å². The number of hydrogen-bond acceptors (Lipinski definition) is 6. The van der Waals surface area contributed by atoms with Crippen LogP contribution in [0.15, 0.2) is 36.5 Å². The van der Waals surface area contributed by atoms with Gasteiger partial charge in [0.15, 0.2) is 5.65 Å². The fourth-order valence-corrected chi connectivity index (χ4v) is 4.67. The highest BCUT2D eigenvalue weighted by molar-refractivity contribution is 5.72. The van der Waals surface area contributed by atoms with Gasteiger partial charge in [0.2, 0.25) is 0 Å². The number of benzene rings is 1. The molecule has 1 fully saturated rings. The van der Waals surface area contributed by atoms with Gasteiger partial charge in [-0.15, -0.1) is 0 Å². The molecule has 1 aromatic carbocycles. The molecular formula is C22H28N6O. The Hall–Kier alpha value is -2.80. The molecule has 2 aliphatic rings. The summed E-state index contributed by atoms with van der Waals surface area (Å²) in [5.41, 5.74) is 9.38. The molecule has 3 aromatic rings. The average Bonchev–Trinajstić information content (AvgIpc) is 3.36. The topological polar surface area (TPSA) is 80.7 Å². The number of anilines is 3. The number of aromatic nitrogens is 3. The van der Waals surface area contributed by atoms with Crippen LogP contribution in [-0.4, -0.2) is 39.8 Å². The van der Waals surface area contributed by atoms with Crippen molar-refractivity contribution in [2.45, 2.75) is 51.1 Å². The minimum Gasteiger partial charge on any atom is -0.494 e. The summed E-state index contributed by atoms with van der Waals surface area (Å²) in [7, 11) is 0. The summed E-state index contributed by atoms with van der Waals surface area (Å²) in [6.45, 7) is 3.65. The van der Waals surface area contributed by atoms with E-state index in [2.05, 4.69) is 15.3 Å². The van der Waals surface area contributed by atoms with Crippen molar-refractivity contribution in [2.75, 3.05) is 23.4 Å². The van der Waals surface area contributed by atoms with Crippen LogP contribution in [0.1, 0.15) is 38.2 Å². The van der Waals surface area contributed by atoms with Crippen molar-refractivity contribution < 1.29 is 4.74 Å². The lowest BCUT2D eigenvalue weighted by Crippen LogP contribution is -2.42. The Kier molecular flexibility index (Phi) is 4.75. The van der Waals surface area contributed by atoms with E-state index in [-0.39, 0.29) is 0 Å². The molecule has 2 unspecified atom stereocenters. The van der Waals surface area contributed by atoms with Gasteiger partial charge in [-0.05, 0) is 63.3 Å². The molecule has 0 radical (unpaired) electrons. The number of hydrogen-bond donors (Lipinski definition) is 2. The first-order valence-electron chi connectivity index (χ1n) is 10.6. The quantitative estimate of drug-likeness (QED) is 0.692. The van der Waals surface area contributed by atoms with Crippen molar-refractivity contribution in [1.82, 2.24) is 14.6 Å². The summed E-state index contributed by atoms with van der Waals surface area (Å²) in [5.74, 6) is 2.97. The summed E-state index contributed by atoms with van der Waals surface area (Å²) >= 11 is 0. The zero-order chi connectivity index (χ0) is 19.8. The van der Waals surface area contributed by atoms with E-state index in [0.29, 0.717) is 18.7 Å². The monoisotopic (exact) mass is 392 g/mol. The van der Waals surface area contributed by atoms with Crippen molar-refractivity contribution in [3.63, 3.8) is 0 Å². The van der Waals surface area contributed by atoms with Gasteiger partial charge in [0.25, 0.3) is 0 Å². The van der Waals surface area contributed by atoms with Crippen LogP contribution in [0.5, 0.6) is 5.75 Å². The molecule has 3 heterocycles. The minimum absolute atomic E-state index is 0.304. The molecule has 0 amide bonds. The summed E-state index contributed by atoms with van der Waals surface area (Å²) in [6.07, 6.45) is 7.35. The molecule has 2 atom stereocenters. The number of nitrogens with one attached hydrogen (secondary N) is 1. The number of rotatable bonds is 5. The maximum absolute atomic E-state index is 6.27. The Balaban J connectivity index is 1.50. The predicted molar refractivity (Wildman–Crippen MR) is 115 cm³/mol. The summed E-state index contributed by atoms with van der Waals surface area (Å²) < 4.78 is 7.47. The highest BCUT2D eigenvalue weighted by Gasteiger charge is 2.33. The maximum Gasteiger partial charge on any atom is 0.159 e. The van der Waals surface area contributed by atoms with E-state index >= 15 is 0 Å². The lowest BCUT2D eigenvalue weighted by molar-refractivity contribution is 0.340. The van der Waals surface area contributed by atoms with Gasteiger partial charge < -0.3 is 20.7 Å². The van der Waals surface area contributed by atoms with Crippen LogP contribution in [-0.2, 0) is 6.42 Å². The molecule has 7 nitrogen and oxygen atoms in total. The number of nitrogens with two attached hydrogens (primary N) is 1. The fourth-order valence-electron chi connectivity index (χ4n) is 4.67. The van der Waals surface area contributed by atoms with E-state index < -0.39 is 0 Å².